The number of carbonyl (C=O) groups excluding carboxylic acids is 1. The molecule has 2 heterocycles. The number of nitrogens with one attached hydrogen (secondary N) is 2. The van der Waals surface area contributed by atoms with E-state index >= 15 is 0 Å². The molecule has 1 aromatic heterocycles. The minimum Gasteiger partial charge on any atom is -0.360 e. The predicted molar refractivity (Wildman–Crippen MR) is 60.1 cm³/mol. The first-order valence-electron chi connectivity index (χ1n) is 5.68. The van der Waals surface area contributed by atoms with Gasteiger partial charge in [-0.15, -0.1) is 0 Å². The highest BCUT2D eigenvalue weighted by atomic mass is 16.5. The highest BCUT2D eigenvalue weighted by Gasteiger charge is 2.16. The van der Waals surface area contributed by atoms with Crippen LogP contribution in [0.15, 0.2) is 10.6 Å². The lowest BCUT2D eigenvalue weighted by molar-refractivity contribution is -0.116. The SMILES string of the molecule is Cc1cc(NC(=O)CCC2CCNC2)no1. The molecule has 1 atom stereocenters. The van der Waals surface area contributed by atoms with Gasteiger partial charge in [0.1, 0.15) is 5.76 Å². The van der Waals surface area contributed by atoms with Crippen LogP contribution in [0.4, 0.5) is 5.82 Å². The van der Waals surface area contributed by atoms with Gasteiger partial charge in [-0.3, -0.25) is 4.79 Å². The third-order valence-electron chi connectivity index (χ3n) is 2.84. The molecule has 1 fully saturated rings. The number of aryl methyl sites for hydroxylation is 1. The van der Waals surface area contributed by atoms with Crippen LogP contribution in [-0.4, -0.2) is 24.2 Å². The first-order valence-corrected chi connectivity index (χ1v) is 5.68. The van der Waals surface area contributed by atoms with Crippen molar-refractivity contribution in [1.29, 1.82) is 0 Å². The van der Waals surface area contributed by atoms with E-state index in [1.807, 2.05) is 0 Å². The summed E-state index contributed by atoms with van der Waals surface area (Å²) in [6.07, 6.45) is 2.67. The molecule has 1 aliphatic heterocycles. The van der Waals surface area contributed by atoms with Gasteiger partial charge in [0, 0.05) is 12.5 Å². The lowest BCUT2D eigenvalue weighted by Gasteiger charge is -2.06. The van der Waals surface area contributed by atoms with Crippen LogP contribution < -0.4 is 10.6 Å². The van der Waals surface area contributed by atoms with Crippen molar-refractivity contribution in [2.45, 2.75) is 26.2 Å². The van der Waals surface area contributed by atoms with Gasteiger partial charge in [-0.25, -0.2) is 0 Å². The molecule has 88 valence electrons. The van der Waals surface area contributed by atoms with E-state index in [1.54, 1.807) is 13.0 Å². The quantitative estimate of drug-likeness (QED) is 0.807. The summed E-state index contributed by atoms with van der Waals surface area (Å²) in [7, 11) is 0. The van der Waals surface area contributed by atoms with Gasteiger partial charge in [0.2, 0.25) is 5.91 Å². The minimum atomic E-state index is 0.0141. The molecule has 16 heavy (non-hydrogen) atoms. The highest BCUT2D eigenvalue weighted by molar-refractivity contribution is 5.89. The molecule has 1 saturated heterocycles. The molecule has 1 aliphatic rings. The number of hydrogen-bond donors (Lipinski definition) is 2. The Morgan fingerprint density at radius 2 is 2.62 bits per heavy atom. The Morgan fingerprint density at radius 3 is 3.25 bits per heavy atom. The summed E-state index contributed by atoms with van der Waals surface area (Å²) in [6, 6.07) is 1.72. The number of anilines is 1. The van der Waals surface area contributed by atoms with Crippen LogP contribution in [0, 0.1) is 12.8 Å². The lowest BCUT2D eigenvalue weighted by atomic mass is 10.0. The molecule has 0 aromatic carbocycles. The fourth-order valence-corrected chi connectivity index (χ4v) is 1.93. The Bertz CT molecular complexity index is 356. The zero-order chi connectivity index (χ0) is 11.4. The van der Waals surface area contributed by atoms with E-state index in [0.717, 1.165) is 19.5 Å². The van der Waals surface area contributed by atoms with Crippen LogP contribution in [0.2, 0.25) is 0 Å². The van der Waals surface area contributed by atoms with E-state index in [2.05, 4.69) is 15.8 Å². The Morgan fingerprint density at radius 1 is 1.75 bits per heavy atom. The average molecular weight is 223 g/mol. The topological polar surface area (TPSA) is 67.2 Å². The van der Waals surface area contributed by atoms with Gasteiger partial charge < -0.3 is 15.2 Å². The van der Waals surface area contributed by atoms with Crippen molar-refractivity contribution >= 4 is 11.7 Å². The zero-order valence-electron chi connectivity index (χ0n) is 9.45. The second-order valence-corrected chi connectivity index (χ2v) is 4.27. The molecule has 0 aliphatic carbocycles. The Labute approximate surface area is 94.6 Å². The van der Waals surface area contributed by atoms with E-state index in [9.17, 15) is 4.79 Å². The minimum absolute atomic E-state index is 0.0141. The summed E-state index contributed by atoms with van der Waals surface area (Å²) >= 11 is 0. The summed E-state index contributed by atoms with van der Waals surface area (Å²) in [5.74, 6) is 1.87. The molecular weight excluding hydrogens is 206 g/mol. The van der Waals surface area contributed by atoms with E-state index < -0.39 is 0 Å². The molecular formula is C11H17N3O2. The largest absolute Gasteiger partial charge is 0.360 e. The number of amides is 1. The van der Waals surface area contributed by atoms with Crippen LogP contribution >= 0.6 is 0 Å². The van der Waals surface area contributed by atoms with Gasteiger partial charge in [0.05, 0.1) is 0 Å². The molecule has 0 radical (unpaired) electrons. The summed E-state index contributed by atoms with van der Waals surface area (Å²) in [5, 5.41) is 9.73. The fourth-order valence-electron chi connectivity index (χ4n) is 1.93. The average Bonchev–Trinajstić information content (AvgIpc) is 2.87. The first kappa shape index (κ1) is 11.1. The van der Waals surface area contributed by atoms with Crippen LogP contribution in [0.25, 0.3) is 0 Å². The smallest absolute Gasteiger partial charge is 0.225 e. The lowest BCUT2D eigenvalue weighted by Crippen LogP contribution is -2.15. The van der Waals surface area contributed by atoms with Crippen molar-refractivity contribution in [3.63, 3.8) is 0 Å². The number of aromatic nitrogens is 1. The van der Waals surface area contributed by atoms with E-state index in [0.29, 0.717) is 23.9 Å². The Balaban J connectivity index is 1.71. The van der Waals surface area contributed by atoms with Gasteiger partial charge in [0.25, 0.3) is 0 Å². The van der Waals surface area contributed by atoms with Crippen molar-refractivity contribution in [1.82, 2.24) is 10.5 Å². The molecule has 0 spiro atoms. The van der Waals surface area contributed by atoms with Crippen LogP contribution in [0.1, 0.15) is 25.0 Å². The van der Waals surface area contributed by atoms with Gasteiger partial charge in [-0.2, -0.15) is 0 Å². The molecule has 0 bridgehead atoms. The normalized spacial score (nSPS) is 19.9. The molecule has 0 saturated carbocycles. The molecule has 1 unspecified atom stereocenters. The van der Waals surface area contributed by atoms with E-state index in [-0.39, 0.29) is 5.91 Å². The zero-order valence-corrected chi connectivity index (χ0v) is 9.45. The number of rotatable bonds is 4. The summed E-state index contributed by atoms with van der Waals surface area (Å²) in [5.41, 5.74) is 0. The van der Waals surface area contributed by atoms with Gasteiger partial charge >= 0.3 is 0 Å². The summed E-state index contributed by atoms with van der Waals surface area (Å²) < 4.78 is 4.87. The second-order valence-electron chi connectivity index (χ2n) is 4.27. The van der Waals surface area contributed by atoms with Crippen LogP contribution in [0.5, 0.6) is 0 Å². The maximum Gasteiger partial charge on any atom is 0.225 e. The second kappa shape index (κ2) is 5.12. The fraction of sp³-hybridized carbons (Fsp3) is 0.636. The Hall–Kier alpha value is -1.36. The highest BCUT2D eigenvalue weighted by Crippen LogP contribution is 2.15. The van der Waals surface area contributed by atoms with Crippen LogP contribution in [-0.2, 0) is 4.79 Å². The maximum absolute atomic E-state index is 11.6. The van der Waals surface area contributed by atoms with Gasteiger partial charge in [0.15, 0.2) is 5.82 Å². The van der Waals surface area contributed by atoms with Gasteiger partial charge in [-0.05, 0) is 38.8 Å². The number of carbonyl (C=O) groups is 1. The standard InChI is InChI=1S/C11H17N3O2/c1-8-6-10(14-16-8)13-11(15)3-2-9-4-5-12-7-9/h6,9,12H,2-5,7H2,1H3,(H,13,14,15). The van der Waals surface area contributed by atoms with Crippen molar-refractivity contribution < 1.29 is 9.32 Å². The van der Waals surface area contributed by atoms with Crippen LogP contribution in [0.3, 0.4) is 0 Å². The molecule has 5 heteroatoms. The molecule has 1 aromatic rings. The first-order chi connectivity index (χ1) is 7.74. The number of nitrogens with zero attached hydrogens (tertiary/aromatic N) is 1. The van der Waals surface area contributed by atoms with E-state index in [1.165, 1.54) is 6.42 Å². The van der Waals surface area contributed by atoms with Crippen molar-refractivity contribution in [2.75, 3.05) is 18.4 Å². The summed E-state index contributed by atoms with van der Waals surface area (Å²) in [6.45, 7) is 3.91. The third kappa shape index (κ3) is 3.06. The van der Waals surface area contributed by atoms with Gasteiger partial charge in [-0.1, -0.05) is 5.16 Å². The molecule has 2 N–H and O–H groups in total. The van der Waals surface area contributed by atoms with Crippen molar-refractivity contribution in [3.05, 3.63) is 11.8 Å². The Kier molecular flexibility index (Phi) is 3.56. The van der Waals surface area contributed by atoms with E-state index in [4.69, 9.17) is 4.52 Å². The summed E-state index contributed by atoms with van der Waals surface area (Å²) in [4.78, 5) is 11.6. The molecule has 5 nitrogen and oxygen atoms in total. The predicted octanol–water partition coefficient (Wildman–Crippen LogP) is 1.31. The monoisotopic (exact) mass is 223 g/mol. The molecule has 2 rings (SSSR count). The van der Waals surface area contributed by atoms with Crippen molar-refractivity contribution in [2.24, 2.45) is 5.92 Å². The molecule has 1 amide bonds. The maximum atomic E-state index is 11.6. The number of hydrogen-bond acceptors (Lipinski definition) is 4. The van der Waals surface area contributed by atoms with Crippen molar-refractivity contribution in [3.8, 4) is 0 Å². The third-order valence-corrected chi connectivity index (χ3v) is 2.84.